The summed E-state index contributed by atoms with van der Waals surface area (Å²) in [6, 6.07) is 0. The van der Waals surface area contributed by atoms with E-state index >= 15 is 0 Å². The number of carbonyl (C=O) groups excluding carboxylic acids is 1. The van der Waals surface area contributed by atoms with Crippen LogP contribution < -0.4 is 11.5 Å². The molecule has 2 saturated heterocycles. The molecule has 0 spiro atoms. The molecule has 3 aliphatic heterocycles. The molecule has 11 N–H and O–H groups in total. The first kappa shape index (κ1) is 38.9. The van der Waals surface area contributed by atoms with Gasteiger partial charge in [0.05, 0.1) is 25.6 Å². The lowest BCUT2D eigenvalue weighted by Gasteiger charge is -2.28. The molecule has 3 aliphatic rings. The van der Waals surface area contributed by atoms with Crippen molar-refractivity contribution in [1.29, 1.82) is 0 Å². The van der Waals surface area contributed by atoms with Crippen molar-refractivity contribution >= 4 is 38.5 Å². The molecular formula is C25H39N7O15P2. The molecule has 274 valence electrons. The Morgan fingerprint density at radius 3 is 2.10 bits per heavy atom. The zero-order valence-corrected chi connectivity index (χ0v) is 27.9. The van der Waals surface area contributed by atoms with E-state index in [1.54, 1.807) is 13.0 Å². The van der Waals surface area contributed by atoms with E-state index in [2.05, 4.69) is 19.3 Å². The summed E-state index contributed by atoms with van der Waals surface area (Å²) in [4.78, 5) is 44.6. The average Bonchev–Trinajstić information content (AvgIpc) is 3.69. The fourth-order valence-electron chi connectivity index (χ4n) is 4.68. The number of primary amides is 1. The van der Waals surface area contributed by atoms with Gasteiger partial charge in [0.25, 0.3) is 0 Å². The minimum absolute atomic E-state index is 0.0517. The fraction of sp³-hybridized carbons (Fsp3) is 0.600. The van der Waals surface area contributed by atoms with Crippen molar-refractivity contribution in [3.63, 3.8) is 0 Å². The number of nitrogen functional groups attached to an aromatic ring is 1. The molecule has 22 nitrogen and oxygen atoms in total. The third-order valence-electron chi connectivity index (χ3n) is 7.47. The van der Waals surface area contributed by atoms with Gasteiger partial charge in [0.1, 0.15) is 48.5 Å². The number of fused-ring (bicyclic) bond motifs is 1. The zero-order valence-electron chi connectivity index (χ0n) is 26.1. The Bertz CT molecular complexity index is 1630. The van der Waals surface area contributed by atoms with Crippen molar-refractivity contribution in [3.05, 3.63) is 36.7 Å². The number of aliphatic hydroxyl groups is 5. The van der Waals surface area contributed by atoms with Crippen LogP contribution in [0.1, 0.15) is 32.9 Å². The van der Waals surface area contributed by atoms with Gasteiger partial charge in [-0.15, -0.1) is 0 Å². The number of imidazole rings is 1. The average molecular weight is 740 g/mol. The number of carbonyl (C=O) groups is 1. The number of anilines is 1. The summed E-state index contributed by atoms with van der Waals surface area (Å²) in [7, 11) is -10.7. The maximum absolute atomic E-state index is 12.4. The molecule has 1 amide bonds. The van der Waals surface area contributed by atoms with Gasteiger partial charge in [0.2, 0.25) is 5.91 Å². The fourth-order valence-corrected chi connectivity index (χ4v) is 6.77. The number of aliphatic hydroxyl groups excluding tert-OH is 5. The van der Waals surface area contributed by atoms with Crippen molar-refractivity contribution in [1.82, 2.24) is 24.4 Å². The molecule has 2 fully saturated rings. The monoisotopic (exact) mass is 739 g/mol. The topological polar surface area (TPSA) is 338 Å². The van der Waals surface area contributed by atoms with E-state index in [0.717, 1.165) is 12.7 Å². The molecule has 3 unspecified atom stereocenters. The predicted octanol–water partition coefficient (Wildman–Crippen LogP) is -1.91. The van der Waals surface area contributed by atoms with Crippen LogP contribution in [0.4, 0.5) is 5.82 Å². The minimum Gasteiger partial charge on any atom is -0.393 e. The summed E-state index contributed by atoms with van der Waals surface area (Å²) in [5.41, 5.74) is 11.6. The van der Waals surface area contributed by atoms with Gasteiger partial charge < -0.3 is 61.2 Å². The summed E-state index contributed by atoms with van der Waals surface area (Å²) in [6.07, 6.45) is -4.13. The summed E-state index contributed by atoms with van der Waals surface area (Å²) in [5, 5.41) is 50.0. The van der Waals surface area contributed by atoms with E-state index in [4.69, 9.17) is 35.1 Å². The summed E-state index contributed by atoms with van der Waals surface area (Å²) < 4.78 is 50.8. The van der Waals surface area contributed by atoms with Crippen LogP contribution in [0.25, 0.3) is 11.2 Å². The Labute approximate surface area is 278 Å². The highest BCUT2D eigenvalue weighted by molar-refractivity contribution is 7.61. The lowest BCUT2D eigenvalue weighted by atomic mass is 10.1. The van der Waals surface area contributed by atoms with Gasteiger partial charge in [-0.3, -0.25) is 18.4 Å². The molecule has 0 aromatic carbocycles. The first-order chi connectivity index (χ1) is 22.9. The minimum atomic E-state index is -5.37. The quantitative estimate of drug-likeness (QED) is 0.107. The molecule has 0 aliphatic carbocycles. The molecule has 11 atom stereocenters. The number of aromatic nitrogens is 4. The maximum atomic E-state index is 12.4. The normalized spacial score (nSPS) is 31.4. The number of amides is 1. The van der Waals surface area contributed by atoms with Crippen molar-refractivity contribution in [2.45, 2.75) is 81.9 Å². The Morgan fingerprint density at radius 2 is 1.55 bits per heavy atom. The Balaban J connectivity index is 0.00000101. The summed E-state index contributed by atoms with van der Waals surface area (Å²) in [5.74, 6) is -0.658. The number of phosphoric acid groups is 2. The van der Waals surface area contributed by atoms with E-state index in [9.17, 15) is 44.1 Å². The molecular weight excluding hydrogens is 700 g/mol. The second kappa shape index (κ2) is 16.0. The van der Waals surface area contributed by atoms with Gasteiger partial charge in [-0.05, 0) is 19.8 Å². The molecule has 5 heterocycles. The highest BCUT2D eigenvalue weighted by Gasteiger charge is 2.48. The Morgan fingerprint density at radius 1 is 1.00 bits per heavy atom. The highest BCUT2D eigenvalue weighted by Crippen LogP contribution is 2.60. The summed E-state index contributed by atoms with van der Waals surface area (Å²) >= 11 is 0. The van der Waals surface area contributed by atoms with Crippen LogP contribution in [-0.4, -0.2) is 128 Å². The number of phosphoric ester groups is 2. The molecule has 0 bridgehead atoms. The number of rotatable bonds is 12. The molecule has 5 rings (SSSR count). The third-order valence-corrected chi connectivity index (χ3v) is 10.1. The SMILES string of the molecule is CCC(C)O.NC(=O)C1=CN([C@@H]2O[C@H](COP(=O)(O)OP(=O)(O)OC[C@H]3O[C@@H](n4cnc5c(N)ncnc54)[C@H](O)[C@@H]3O)[C@@H](O)[C@H]2O)C=CC1. The van der Waals surface area contributed by atoms with E-state index in [-0.39, 0.29) is 35.1 Å². The number of ether oxygens (including phenoxy) is 2. The molecule has 49 heavy (non-hydrogen) atoms. The predicted molar refractivity (Wildman–Crippen MR) is 164 cm³/mol. The van der Waals surface area contributed by atoms with Crippen LogP contribution in [0.3, 0.4) is 0 Å². The molecule has 0 radical (unpaired) electrons. The van der Waals surface area contributed by atoms with Crippen LogP contribution in [0.15, 0.2) is 36.7 Å². The second-order valence-electron chi connectivity index (χ2n) is 11.1. The van der Waals surface area contributed by atoms with Gasteiger partial charge in [-0.1, -0.05) is 13.0 Å². The van der Waals surface area contributed by atoms with Crippen LogP contribution in [0.5, 0.6) is 0 Å². The van der Waals surface area contributed by atoms with Crippen LogP contribution in [-0.2, 0) is 36.8 Å². The standard InChI is InChI=1S/C21H29N7O14P2.C4H10O/c22-17-12-19(25-7-24-17)28(8-26-12)21-16(32)14(30)11(41-21)6-39-44(36,37)42-43(34,35)38-5-10-13(29)15(31)20(40-10)27-3-1-2-9(4-27)18(23)33;1-3-4(2)5/h1,3-4,7-8,10-11,13-16,20-21,29-32H,2,5-6H2,(H2,23,33)(H,34,35)(H,36,37)(H2,22,24,25);4-5H,3H2,1-2H3/t10-,11-,13-,14-,15-,16-,20-,21-;/m1./s1. The number of allylic oxidation sites excluding steroid dienone is 1. The number of nitrogens with two attached hydrogens (primary N) is 2. The maximum Gasteiger partial charge on any atom is 0.481 e. The van der Waals surface area contributed by atoms with Crippen molar-refractivity contribution < 1.29 is 72.1 Å². The van der Waals surface area contributed by atoms with Crippen molar-refractivity contribution in [2.24, 2.45) is 5.73 Å². The van der Waals surface area contributed by atoms with E-state index in [0.29, 0.717) is 0 Å². The van der Waals surface area contributed by atoms with Crippen LogP contribution >= 0.6 is 15.6 Å². The lowest BCUT2D eigenvalue weighted by Crippen LogP contribution is -2.40. The first-order valence-electron chi connectivity index (χ1n) is 14.7. The van der Waals surface area contributed by atoms with E-state index in [1.807, 2.05) is 6.92 Å². The molecule has 2 aromatic rings. The lowest BCUT2D eigenvalue weighted by molar-refractivity contribution is -0.115. The van der Waals surface area contributed by atoms with E-state index < -0.39 is 83.8 Å². The Kier molecular flexibility index (Phi) is 12.7. The molecule has 2 aromatic heterocycles. The van der Waals surface area contributed by atoms with Crippen LogP contribution in [0.2, 0.25) is 0 Å². The largest absolute Gasteiger partial charge is 0.481 e. The number of hydrogen-bond donors (Lipinski definition) is 9. The van der Waals surface area contributed by atoms with Gasteiger partial charge in [0, 0.05) is 18.0 Å². The van der Waals surface area contributed by atoms with Gasteiger partial charge in [0.15, 0.2) is 23.9 Å². The molecule has 0 saturated carbocycles. The third kappa shape index (κ3) is 9.45. The smallest absolute Gasteiger partial charge is 0.393 e. The second-order valence-corrected chi connectivity index (χ2v) is 14.1. The molecule has 24 heteroatoms. The zero-order chi connectivity index (χ0) is 36.3. The first-order valence-corrected chi connectivity index (χ1v) is 17.7. The number of nitrogens with zero attached hydrogens (tertiary/aromatic N) is 5. The number of hydrogen-bond acceptors (Lipinski definition) is 18. The summed E-state index contributed by atoms with van der Waals surface area (Å²) in [6.45, 7) is 1.94. The Hall–Kier alpha value is -2.92. The van der Waals surface area contributed by atoms with Gasteiger partial charge in [-0.2, -0.15) is 4.31 Å². The van der Waals surface area contributed by atoms with Crippen molar-refractivity contribution in [3.8, 4) is 0 Å². The van der Waals surface area contributed by atoms with Crippen molar-refractivity contribution in [2.75, 3.05) is 18.9 Å². The highest BCUT2D eigenvalue weighted by atomic mass is 31.3. The van der Waals surface area contributed by atoms with Gasteiger partial charge in [-0.25, -0.2) is 24.1 Å². The van der Waals surface area contributed by atoms with Crippen LogP contribution in [0, 0.1) is 0 Å². The van der Waals surface area contributed by atoms with E-state index in [1.165, 1.54) is 28.2 Å². The van der Waals surface area contributed by atoms with Gasteiger partial charge >= 0.3 is 15.6 Å².